The smallest absolute Gasteiger partial charge is 0.418 e. The third-order valence-electron chi connectivity index (χ3n) is 9.41. The van der Waals surface area contributed by atoms with Gasteiger partial charge < -0.3 is 19.7 Å². The van der Waals surface area contributed by atoms with E-state index in [0.29, 0.717) is 26.1 Å². The highest BCUT2D eigenvalue weighted by molar-refractivity contribution is 5.97. The fourth-order valence-corrected chi connectivity index (χ4v) is 7.00. The zero-order chi connectivity index (χ0) is 31.2. The highest BCUT2D eigenvalue weighted by atomic mass is 19.4. The molecule has 1 N–H and O–H groups in total. The van der Waals surface area contributed by atoms with Crippen molar-refractivity contribution in [1.82, 2.24) is 30.2 Å². The van der Waals surface area contributed by atoms with E-state index in [9.17, 15) is 22.0 Å². The highest BCUT2D eigenvalue weighted by Crippen LogP contribution is 2.48. The van der Waals surface area contributed by atoms with Crippen LogP contribution in [0.15, 0.2) is 12.3 Å². The highest BCUT2D eigenvalue weighted by Gasteiger charge is 2.60. The van der Waals surface area contributed by atoms with Crippen LogP contribution in [0.25, 0.3) is 22.3 Å². The van der Waals surface area contributed by atoms with Crippen LogP contribution in [0.1, 0.15) is 44.2 Å². The minimum atomic E-state index is -4.84. The zero-order valence-electron chi connectivity index (χ0n) is 24.3. The standard InChI is InChI=1S/C29H31F6N7O2/c1-4-16-10-42-17(9-37-16)15(3)44-25-18-21(20(30)23(38-25)22-19(29(33,34)35)14(2)5-7-36-22)39-26(40-24(18)42)43-13-27-6-8-41(27)12-28(31,32)11-27/h5,7,15-17,37H,4,6,8-13H2,1-3H3/t15-,16+,17-,27+/m0/s1. The molecule has 3 fully saturated rings. The Morgan fingerprint density at radius 3 is 2.66 bits per heavy atom. The van der Waals surface area contributed by atoms with Gasteiger partial charge in [-0.25, -0.2) is 18.2 Å². The van der Waals surface area contributed by atoms with Crippen molar-refractivity contribution in [2.24, 2.45) is 0 Å². The normalized spacial score (nSPS) is 27.8. The van der Waals surface area contributed by atoms with Gasteiger partial charge in [0.2, 0.25) is 5.88 Å². The van der Waals surface area contributed by atoms with Crippen LogP contribution in [-0.2, 0) is 6.18 Å². The monoisotopic (exact) mass is 623 g/mol. The fourth-order valence-electron chi connectivity index (χ4n) is 7.00. The van der Waals surface area contributed by atoms with Gasteiger partial charge in [-0.3, -0.25) is 9.88 Å². The molecule has 44 heavy (non-hydrogen) atoms. The predicted octanol–water partition coefficient (Wildman–Crippen LogP) is 4.75. The van der Waals surface area contributed by atoms with Crippen molar-refractivity contribution in [2.45, 2.75) is 75.9 Å². The van der Waals surface area contributed by atoms with E-state index in [1.54, 1.807) is 11.8 Å². The quantitative estimate of drug-likeness (QED) is 0.405. The molecule has 0 radical (unpaired) electrons. The summed E-state index contributed by atoms with van der Waals surface area (Å²) in [6.07, 6.45) is -3.30. The Morgan fingerprint density at radius 1 is 1.18 bits per heavy atom. The Labute approximate surface area is 249 Å². The Bertz CT molecular complexity index is 1640. The molecule has 4 atom stereocenters. The molecule has 236 valence electrons. The van der Waals surface area contributed by atoms with Crippen LogP contribution in [0.2, 0.25) is 0 Å². The summed E-state index contributed by atoms with van der Waals surface area (Å²) in [6, 6.07) is 0.705. The number of alkyl halides is 5. The lowest BCUT2D eigenvalue weighted by Gasteiger charge is -2.46. The number of aromatic nitrogens is 4. The van der Waals surface area contributed by atoms with Crippen molar-refractivity contribution in [3.63, 3.8) is 0 Å². The average Bonchev–Trinajstić information content (AvgIpc) is 3.07. The van der Waals surface area contributed by atoms with Crippen LogP contribution in [0, 0.1) is 12.7 Å². The van der Waals surface area contributed by atoms with Crippen molar-refractivity contribution in [2.75, 3.05) is 37.7 Å². The molecular formula is C29H31F6N7O2. The molecule has 0 spiro atoms. The van der Waals surface area contributed by atoms with Crippen LogP contribution in [0.4, 0.5) is 32.2 Å². The maximum Gasteiger partial charge on any atom is 0.418 e. The first-order chi connectivity index (χ1) is 20.8. The van der Waals surface area contributed by atoms with E-state index in [0.717, 1.165) is 12.6 Å². The number of hydrogen-bond acceptors (Lipinski definition) is 9. The summed E-state index contributed by atoms with van der Waals surface area (Å²) in [5.41, 5.74) is -3.88. The molecule has 3 saturated heterocycles. The molecule has 3 aromatic rings. The number of nitrogens with zero attached hydrogens (tertiary/aromatic N) is 6. The third-order valence-corrected chi connectivity index (χ3v) is 9.41. The molecule has 0 aliphatic carbocycles. The molecule has 4 aliphatic rings. The maximum absolute atomic E-state index is 16.5. The summed E-state index contributed by atoms with van der Waals surface area (Å²) in [5.74, 6) is -3.86. The van der Waals surface area contributed by atoms with Gasteiger partial charge in [-0.15, -0.1) is 0 Å². The molecular weight excluding hydrogens is 592 g/mol. The zero-order valence-corrected chi connectivity index (χ0v) is 24.3. The van der Waals surface area contributed by atoms with Gasteiger partial charge in [0.1, 0.15) is 40.8 Å². The Morgan fingerprint density at radius 2 is 1.98 bits per heavy atom. The Balaban J connectivity index is 1.41. The summed E-state index contributed by atoms with van der Waals surface area (Å²) in [5, 5.41) is 3.56. The van der Waals surface area contributed by atoms with E-state index >= 15 is 4.39 Å². The number of anilines is 1. The Hall–Kier alpha value is -3.46. The lowest BCUT2D eigenvalue weighted by molar-refractivity contribution is -0.137. The van der Waals surface area contributed by atoms with Crippen LogP contribution >= 0.6 is 0 Å². The number of ether oxygens (including phenoxy) is 2. The molecule has 7 heterocycles. The SMILES string of the molecule is CC[C@@H]1CN2c3nc(OC[C@]45CCN4CC(F)(F)C5)nc4c(F)c(-c5nccc(C)c5C(F)(F)F)nc(c34)O[C@@H](C)[C@@H]2CN1. The largest absolute Gasteiger partial charge is 0.472 e. The number of piperazine rings is 1. The second kappa shape index (κ2) is 10.0. The first-order valence-corrected chi connectivity index (χ1v) is 14.7. The lowest BCUT2D eigenvalue weighted by atomic mass is 9.85. The molecule has 0 unspecified atom stereocenters. The number of halogens is 6. The van der Waals surface area contributed by atoms with E-state index in [1.165, 1.54) is 13.0 Å². The van der Waals surface area contributed by atoms with Gasteiger partial charge in [-0.1, -0.05) is 6.92 Å². The van der Waals surface area contributed by atoms with Gasteiger partial charge >= 0.3 is 12.2 Å². The Kier molecular flexibility index (Phi) is 6.67. The molecule has 3 aromatic heterocycles. The summed E-state index contributed by atoms with van der Waals surface area (Å²) in [4.78, 5) is 20.8. The van der Waals surface area contributed by atoms with Gasteiger partial charge in [0.05, 0.1) is 23.7 Å². The topological polar surface area (TPSA) is 88.5 Å². The van der Waals surface area contributed by atoms with Gasteiger partial charge in [0.25, 0.3) is 5.92 Å². The van der Waals surface area contributed by atoms with Crippen molar-refractivity contribution < 1.29 is 35.8 Å². The maximum atomic E-state index is 16.5. The summed E-state index contributed by atoms with van der Waals surface area (Å²) in [7, 11) is 0. The van der Waals surface area contributed by atoms with Gasteiger partial charge in [-0.2, -0.15) is 23.1 Å². The van der Waals surface area contributed by atoms with Crippen molar-refractivity contribution in [1.29, 1.82) is 0 Å². The van der Waals surface area contributed by atoms with Crippen LogP contribution in [0.5, 0.6) is 11.9 Å². The molecule has 4 aliphatic heterocycles. The van der Waals surface area contributed by atoms with E-state index in [2.05, 4.69) is 25.3 Å². The van der Waals surface area contributed by atoms with Gasteiger partial charge in [-0.05, 0) is 38.3 Å². The van der Waals surface area contributed by atoms with Crippen molar-refractivity contribution in [3.8, 4) is 23.3 Å². The van der Waals surface area contributed by atoms with Crippen LogP contribution < -0.4 is 19.7 Å². The molecule has 0 aromatic carbocycles. The molecule has 0 bridgehead atoms. The average molecular weight is 624 g/mol. The van der Waals surface area contributed by atoms with E-state index in [-0.39, 0.29) is 65.8 Å². The second-order valence-corrected chi connectivity index (χ2v) is 12.3. The predicted molar refractivity (Wildman–Crippen MR) is 148 cm³/mol. The van der Waals surface area contributed by atoms with Gasteiger partial charge in [0.15, 0.2) is 5.82 Å². The van der Waals surface area contributed by atoms with E-state index in [1.807, 2.05) is 11.8 Å². The van der Waals surface area contributed by atoms with Crippen molar-refractivity contribution >= 4 is 16.7 Å². The first-order valence-electron chi connectivity index (χ1n) is 14.7. The van der Waals surface area contributed by atoms with Gasteiger partial charge in [0, 0.05) is 38.3 Å². The first kappa shape index (κ1) is 29.3. The summed E-state index contributed by atoms with van der Waals surface area (Å²) >= 11 is 0. The third kappa shape index (κ3) is 4.61. The second-order valence-electron chi connectivity index (χ2n) is 12.3. The molecule has 9 nitrogen and oxygen atoms in total. The number of pyridine rings is 2. The number of hydrogen-bond donors (Lipinski definition) is 1. The van der Waals surface area contributed by atoms with E-state index in [4.69, 9.17) is 9.47 Å². The number of aryl methyl sites for hydroxylation is 1. The van der Waals surface area contributed by atoms with Crippen molar-refractivity contribution in [3.05, 3.63) is 29.2 Å². The summed E-state index contributed by atoms with van der Waals surface area (Å²) < 4.78 is 99.8. The molecule has 7 rings (SSSR count). The molecule has 0 amide bonds. The minimum Gasteiger partial charge on any atom is -0.472 e. The number of nitrogens with one attached hydrogen (secondary N) is 1. The fraction of sp³-hybridized carbons (Fsp3) is 0.586. The van der Waals surface area contributed by atoms with Crippen LogP contribution in [0.3, 0.4) is 0 Å². The summed E-state index contributed by atoms with van der Waals surface area (Å²) in [6.45, 7) is 6.06. The number of fused-ring (bicyclic) bond motifs is 3. The number of rotatable bonds is 5. The molecule has 15 heteroatoms. The minimum absolute atomic E-state index is 0.0699. The van der Waals surface area contributed by atoms with Crippen LogP contribution in [-0.4, -0.2) is 87.3 Å². The lowest BCUT2D eigenvalue weighted by Crippen LogP contribution is -2.60. The molecule has 0 saturated carbocycles. The van der Waals surface area contributed by atoms with E-state index < -0.39 is 46.5 Å².